The van der Waals surface area contributed by atoms with E-state index in [0.29, 0.717) is 0 Å². The molecule has 0 aliphatic rings. The second-order valence-corrected chi connectivity index (χ2v) is 4.66. The fraction of sp³-hybridized carbons (Fsp3) is 0.417. The van der Waals surface area contributed by atoms with Crippen LogP contribution in [0.2, 0.25) is 5.02 Å². The van der Waals surface area contributed by atoms with Crippen LogP contribution in [0, 0.1) is 5.92 Å². The summed E-state index contributed by atoms with van der Waals surface area (Å²) in [5, 5.41) is 11.0. The number of rotatable bonds is 3. The molecule has 0 unspecified atom stereocenters. The molecule has 0 spiro atoms. The van der Waals surface area contributed by atoms with Gasteiger partial charge in [0.1, 0.15) is 0 Å². The summed E-state index contributed by atoms with van der Waals surface area (Å²) in [5.41, 5.74) is -1.65. The van der Waals surface area contributed by atoms with Crippen molar-refractivity contribution in [3.63, 3.8) is 0 Å². The molecule has 3 nitrogen and oxygen atoms in total. The normalized spacial score (nSPS) is 11.8. The molecular formula is C12H13ClF3NO2. The van der Waals surface area contributed by atoms with Crippen molar-refractivity contribution < 1.29 is 23.1 Å². The Morgan fingerprint density at radius 1 is 1.42 bits per heavy atom. The Morgan fingerprint density at radius 2 is 2.00 bits per heavy atom. The zero-order valence-electron chi connectivity index (χ0n) is 10.3. The molecule has 0 radical (unpaired) electrons. The summed E-state index contributed by atoms with van der Waals surface area (Å²) in [4.78, 5) is 11.5. The van der Waals surface area contributed by atoms with Crippen LogP contribution in [-0.4, -0.2) is 11.0 Å². The zero-order chi connectivity index (χ0) is 14.8. The van der Waals surface area contributed by atoms with E-state index >= 15 is 0 Å². The molecule has 7 heteroatoms. The highest BCUT2D eigenvalue weighted by molar-refractivity contribution is 6.31. The Hall–Kier alpha value is -1.27. The number of anilines is 1. The standard InChI is InChI=1S/C12H13ClF3NO2/c1-6(2)11(19)17-9-4-3-8(13)10(7(9)5-18)12(14,15)16/h3-4,6,18H,5H2,1-2H3,(H,17,19). The first kappa shape index (κ1) is 15.8. The Kier molecular flexibility index (Phi) is 4.81. The Morgan fingerprint density at radius 3 is 2.42 bits per heavy atom. The van der Waals surface area contributed by atoms with E-state index in [1.807, 2.05) is 0 Å². The lowest BCUT2D eigenvalue weighted by molar-refractivity contribution is -0.138. The number of nitrogens with one attached hydrogen (secondary N) is 1. The molecule has 0 fully saturated rings. The largest absolute Gasteiger partial charge is 0.418 e. The van der Waals surface area contributed by atoms with Crippen molar-refractivity contribution in [2.45, 2.75) is 26.6 Å². The topological polar surface area (TPSA) is 49.3 Å². The summed E-state index contributed by atoms with van der Waals surface area (Å²) in [5.74, 6) is -0.832. The molecule has 1 aromatic rings. The summed E-state index contributed by atoms with van der Waals surface area (Å²) in [6, 6.07) is 2.28. The van der Waals surface area contributed by atoms with Crippen molar-refractivity contribution in [3.8, 4) is 0 Å². The first-order valence-electron chi connectivity index (χ1n) is 5.48. The van der Waals surface area contributed by atoms with Crippen molar-refractivity contribution in [1.29, 1.82) is 0 Å². The van der Waals surface area contributed by atoms with E-state index in [9.17, 15) is 18.0 Å². The smallest absolute Gasteiger partial charge is 0.392 e. The van der Waals surface area contributed by atoms with Crippen molar-refractivity contribution in [2.24, 2.45) is 5.92 Å². The molecule has 0 saturated carbocycles. The minimum atomic E-state index is -4.70. The van der Waals surface area contributed by atoms with E-state index < -0.39 is 40.8 Å². The van der Waals surface area contributed by atoms with Crippen molar-refractivity contribution in [2.75, 3.05) is 5.32 Å². The van der Waals surface area contributed by atoms with E-state index in [2.05, 4.69) is 5.32 Å². The monoisotopic (exact) mass is 295 g/mol. The summed E-state index contributed by atoms with van der Waals surface area (Å²) < 4.78 is 38.6. The lowest BCUT2D eigenvalue weighted by Crippen LogP contribution is -2.20. The van der Waals surface area contributed by atoms with Crippen LogP contribution >= 0.6 is 11.6 Å². The van der Waals surface area contributed by atoms with Crippen LogP contribution in [0.4, 0.5) is 18.9 Å². The van der Waals surface area contributed by atoms with Crippen molar-refractivity contribution in [1.82, 2.24) is 0 Å². The molecule has 0 atom stereocenters. The molecule has 0 saturated heterocycles. The predicted molar refractivity (Wildman–Crippen MR) is 65.8 cm³/mol. The highest BCUT2D eigenvalue weighted by atomic mass is 35.5. The molecule has 0 aromatic heterocycles. The quantitative estimate of drug-likeness (QED) is 0.897. The third-order valence-corrected chi connectivity index (χ3v) is 2.80. The number of hydrogen-bond acceptors (Lipinski definition) is 2. The number of benzene rings is 1. The van der Waals surface area contributed by atoms with Crippen LogP contribution in [0.1, 0.15) is 25.0 Å². The van der Waals surface area contributed by atoms with Gasteiger partial charge < -0.3 is 10.4 Å². The van der Waals surface area contributed by atoms with Crippen LogP contribution in [0.3, 0.4) is 0 Å². The molecule has 0 aliphatic heterocycles. The summed E-state index contributed by atoms with van der Waals surface area (Å²) in [6.07, 6.45) is -4.70. The van der Waals surface area contributed by atoms with E-state index in [4.69, 9.17) is 16.7 Å². The minimum absolute atomic E-state index is 0.0853. The zero-order valence-corrected chi connectivity index (χ0v) is 11.1. The highest BCUT2D eigenvalue weighted by Gasteiger charge is 2.37. The molecule has 106 valence electrons. The SMILES string of the molecule is CC(C)C(=O)Nc1ccc(Cl)c(C(F)(F)F)c1CO. The van der Waals surface area contributed by atoms with Crippen LogP contribution in [0.5, 0.6) is 0 Å². The van der Waals surface area contributed by atoms with Gasteiger partial charge in [0.15, 0.2) is 0 Å². The minimum Gasteiger partial charge on any atom is -0.392 e. The van der Waals surface area contributed by atoms with Gasteiger partial charge in [-0.3, -0.25) is 4.79 Å². The van der Waals surface area contributed by atoms with Gasteiger partial charge in [0.25, 0.3) is 0 Å². The van der Waals surface area contributed by atoms with Gasteiger partial charge in [0.05, 0.1) is 17.2 Å². The van der Waals surface area contributed by atoms with Gasteiger partial charge in [0.2, 0.25) is 5.91 Å². The van der Waals surface area contributed by atoms with Gasteiger partial charge in [-0.15, -0.1) is 0 Å². The number of aliphatic hydroxyl groups excluding tert-OH is 1. The highest BCUT2D eigenvalue weighted by Crippen LogP contribution is 2.40. The number of hydrogen-bond donors (Lipinski definition) is 2. The van der Waals surface area contributed by atoms with Gasteiger partial charge in [0, 0.05) is 17.2 Å². The number of carbonyl (C=O) groups excluding carboxylic acids is 1. The number of amides is 1. The third kappa shape index (κ3) is 3.61. The number of alkyl halides is 3. The summed E-state index contributed by atoms with van der Waals surface area (Å²) in [7, 11) is 0. The third-order valence-electron chi connectivity index (χ3n) is 2.49. The second-order valence-electron chi connectivity index (χ2n) is 4.25. The maximum absolute atomic E-state index is 12.9. The van der Waals surface area contributed by atoms with Crippen LogP contribution in [0.25, 0.3) is 0 Å². The van der Waals surface area contributed by atoms with Gasteiger partial charge in [-0.25, -0.2) is 0 Å². The Balaban J connectivity index is 3.32. The molecule has 0 bridgehead atoms. The molecular weight excluding hydrogens is 283 g/mol. The first-order chi connectivity index (χ1) is 8.68. The molecule has 0 heterocycles. The average Bonchev–Trinajstić information content (AvgIpc) is 2.28. The molecule has 19 heavy (non-hydrogen) atoms. The maximum atomic E-state index is 12.9. The van der Waals surface area contributed by atoms with E-state index in [1.165, 1.54) is 6.07 Å². The van der Waals surface area contributed by atoms with Crippen molar-refractivity contribution >= 4 is 23.2 Å². The molecule has 0 aliphatic carbocycles. The molecule has 2 N–H and O–H groups in total. The number of aliphatic hydroxyl groups is 1. The van der Waals surface area contributed by atoms with E-state index in [1.54, 1.807) is 13.8 Å². The van der Waals surface area contributed by atoms with Crippen LogP contribution < -0.4 is 5.32 Å². The van der Waals surface area contributed by atoms with E-state index in [-0.39, 0.29) is 5.69 Å². The maximum Gasteiger partial charge on any atom is 0.418 e. The fourth-order valence-electron chi connectivity index (χ4n) is 1.48. The fourth-order valence-corrected chi connectivity index (χ4v) is 1.77. The van der Waals surface area contributed by atoms with Crippen LogP contribution in [-0.2, 0) is 17.6 Å². The Bertz CT molecular complexity index is 487. The first-order valence-corrected chi connectivity index (χ1v) is 5.86. The summed E-state index contributed by atoms with van der Waals surface area (Å²) >= 11 is 5.52. The second kappa shape index (κ2) is 5.79. The predicted octanol–water partition coefficient (Wildman–Crippen LogP) is 3.45. The van der Waals surface area contributed by atoms with Crippen molar-refractivity contribution in [3.05, 3.63) is 28.3 Å². The van der Waals surface area contributed by atoms with Crippen LogP contribution in [0.15, 0.2) is 12.1 Å². The van der Waals surface area contributed by atoms with Gasteiger partial charge >= 0.3 is 6.18 Å². The number of carbonyl (C=O) groups is 1. The average molecular weight is 296 g/mol. The number of halogens is 4. The van der Waals surface area contributed by atoms with Gasteiger partial charge in [-0.1, -0.05) is 25.4 Å². The summed E-state index contributed by atoms with van der Waals surface area (Å²) in [6.45, 7) is 2.34. The molecule has 1 rings (SSSR count). The van der Waals surface area contributed by atoms with Gasteiger partial charge in [-0.05, 0) is 12.1 Å². The lowest BCUT2D eigenvalue weighted by Gasteiger charge is -2.18. The van der Waals surface area contributed by atoms with E-state index in [0.717, 1.165) is 6.07 Å². The Labute approximate surface area is 113 Å². The van der Waals surface area contributed by atoms with Gasteiger partial charge in [-0.2, -0.15) is 13.2 Å². The molecule has 1 aromatic carbocycles. The lowest BCUT2D eigenvalue weighted by atomic mass is 10.0. The molecule has 1 amide bonds.